The Hall–Kier alpha value is -1.58. The average molecular weight is 223 g/mol. The molecule has 1 aliphatic heterocycles. The molecule has 0 bridgehead atoms. The molecule has 1 aromatic carbocycles. The number of hydrogen-bond acceptors (Lipinski definition) is 1. The van der Waals surface area contributed by atoms with Crippen LogP contribution in [0.4, 0.5) is 9.18 Å². The largest absolute Gasteiger partial charge is 0.465 e. The van der Waals surface area contributed by atoms with Crippen molar-refractivity contribution in [3.8, 4) is 0 Å². The lowest BCUT2D eigenvalue weighted by molar-refractivity contribution is 0.105. The molecule has 1 N–H and O–H groups in total. The van der Waals surface area contributed by atoms with Crippen molar-refractivity contribution < 1.29 is 14.3 Å². The van der Waals surface area contributed by atoms with Gasteiger partial charge in [0, 0.05) is 12.1 Å². The zero-order chi connectivity index (χ0) is 11.5. The van der Waals surface area contributed by atoms with Crippen LogP contribution in [0.2, 0.25) is 0 Å². The van der Waals surface area contributed by atoms with E-state index in [1.165, 1.54) is 11.0 Å². The highest BCUT2D eigenvalue weighted by atomic mass is 19.1. The predicted octanol–water partition coefficient (Wildman–Crippen LogP) is 3.03. The third-order valence-electron chi connectivity index (χ3n) is 3.01. The number of nitrogens with zero attached hydrogens (tertiary/aromatic N) is 1. The quantitative estimate of drug-likeness (QED) is 0.795. The van der Waals surface area contributed by atoms with E-state index >= 15 is 0 Å². The molecular formula is C12H14FNO2. The van der Waals surface area contributed by atoms with Crippen molar-refractivity contribution in [3.63, 3.8) is 0 Å². The summed E-state index contributed by atoms with van der Waals surface area (Å²) in [6, 6.07) is 6.08. The number of benzene rings is 1. The molecule has 0 saturated carbocycles. The lowest BCUT2D eigenvalue weighted by atomic mass is 9.95. The maximum atomic E-state index is 13.6. The minimum atomic E-state index is -0.965. The first-order valence-corrected chi connectivity index (χ1v) is 5.44. The normalized spacial score (nSPS) is 20.8. The van der Waals surface area contributed by atoms with Gasteiger partial charge in [0.2, 0.25) is 0 Å². The number of amides is 1. The molecule has 1 aromatic rings. The molecule has 1 unspecified atom stereocenters. The van der Waals surface area contributed by atoms with Gasteiger partial charge in [-0.25, -0.2) is 9.18 Å². The summed E-state index contributed by atoms with van der Waals surface area (Å²) in [6.45, 7) is 0.494. The Balaban J connectivity index is 2.30. The first kappa shape index (κ1) is 10.9. The van der Waals surface area contributed by atoms with E-state index in [0.717, 1.165) is 12.8 Å². The molecule has 1 fully saturated rings. The standard InChI is InChI=1S/C12H14FNO2/c13-10-6-2-1-5-9(10)11-7-3-4-8-14(11)12(15)16/h1-2,5-6,11H,3-4,7-8H2,(H,15,16). The van der Waals surface area contributed by atoms with Crippen LogP contribution in [0.15, 0.2) is 24.3 Å². The van der Waals surface area contributed by atoms with E-state index in [0.29, 0.717) is 18.5 Å². The summed E-state index contributed by atoms with van der Waals surface area (Å²) in [6.07, 6.45) is 1.54. The van der Waals surface area contributed by atoms with E-state index in [4.69, 9.17) is 5.11 Å². The highest BCUT2D eigenvalue weighted by molar-refractivity contribution is 5.66. The van der Waals surface area contributed by atoms with Crippen LogP contribution in [0.1, 0.15) is 30.9 Å². The number of hydrogen-bond donors (Lipinski definition) is 1. The molecule has 0 aliphatic carbocycles. The van der Waals surface area contributed by atoms with Crippen molar-refractivity contribution in [1.29, 1.82) is 0 Å². The molecule has 1 atom stereocenters. The molecule has 2 rings (SSSR count). The van der Waals surface area contributed by atoms with Crippen LogP contribution in [0, 0.1) is 5.82 Å². The highest BCUT2D eigenvalue weighted by Crippen LogP contribution is 2.32. The summed E-state index contributed by atoms with van der Waals surface area (Å²) in [5.41, 5.74) is 0.490. The van der Waals surface area contributed by atoms with Crippen LogP contribution in [0.25, 0.3) is 0 Å². The van der Waals surface area contributed by atoms with Crippen molar-refractivity contribution in [2.75, 3.05) is 6.54 Å². The zero-order valence-corrected chi connectivity index (χ0v) is 8.90. The average Bonchev–Trinajstić information content (AvgIpc) is 2.29. The van der Waals surface area contributed by atoms with E-state index in [9.17, 15) is 9.18 Å². The van der Waals surface area contributed by atoms with Gasteiger partial charge >= 0.3 is 6.09 Å². The lowest BCUT2D eigenvalue weighted by Crippen LogP contribution is -2.37. The highest BCUT2D eigenvalue weighted by Gasteiger charge is 2.29. The molecule has 3 nitrogen and oxygen atoms in total. The number of halogens is 1. The van der Waals surface area contributed by atoms with Crippen molar-refractivity contribution in [2.45, 2.75) is 25.3 Å². The molecule has 0 radical (unpaired) electrons. The fraction of sp³-hybridized carbons (Fsp3) is 0.417. The van der Waals surface area contributed by atoms with Gasteiger partial charge in [-0.3, -0.25) is 0 Å². The van der Waals surface area contributed by atoms with E-state index in [2.05, 4.69) is 0 Å². The van der Waals surface area contributed by atoms with Gasteiger partial charge in [-0.1, -0.05) is 18.2 Å². The van der Waals surface area contributed by atoms with E-state index < -0.39 is 6.09 Å². The van der Waals surface area contributed by atoms with Crippen LogP contribution in [-0.2, 0) is 0 Å². The fourth-order valence-corrected chi connectivity index (χ4v) is 2.23. The summed E-state index contributed by atoms with van der Waals surface area (Å²) in [5.74, 6) is -0.319. The summed E-state index contributed by atoms with van der Waals surface area (Å²) in [7, 11) is 0. The van der Waals surface area contributed by atoms with Crippen molar-refractivity contribution >= 4 is 6.09 Å². The second kappa shape index (κ2) is 4.51. The number of piperidine rings is 1. The van der Waals surface area contributed by atoms with Gasteiger partial charge in [-0.05, 0) is 25.3 Å². The molecule has 0 spiro atoms. The summed E-state index contributed by atoms with van der Waals surface area (Å²) >= 11 is 0. The van der Waals surface area contributed by atoms with Crippen molar-refractivity contribution in [3.05, 3.63) is 35.6 Å². The Morgan fingerprint density at radius 3 is 2.81 bits per heavy atom. The van der Waals surface area contributed by atoms with Crippen LogP contribution in [0.5, 0.6) is 0 Å². The first-order valence-electron chi connectivity index (χ1n) is 5.44. The minimum Gasteiger partial charge on any atom is -0.465 e. The number of carbonyl (C=O) groups is 1. The van der Waals surface area contributed by atoms with Crippen LogP contribution < -0.4 is 0 Å². The molecule has 1 saturated heterocycles. The van der Waals surface area contributed by atoms with Gasteiger partial charge in [0.25, 0.3) is 0 Å². The Morgan fingerprint density at radius 2 is 2.12 bits per heavy atom. The third kappa shape index (κ3) is 2.01. The van der Waals surface area contributed by atoms with Crippen molar-refractivity contribution in [1.82, 2.24) is 4.90 Å². The van der Waals surface area contributed by atoms with Gasteiger partial charge in [0.05, 0.1) is 6.04 Å². The molecule has 4 heteroatoms. The molecule has 1 aliphatic rings. The number of likely N-dealkylation sites (tertiary alicyclic amines) is 1. The maximum Gasteiger partial charge on any atom is 0.407 e. The molecule has 1 heterocycles. The Bertz CT molecular complexity index is 394. The molecule has 0 aromatic heterocycles. The van der Waals surface area contributed by atoms with Gasteiger partial charge in [0.15, 0.2) is 0 Å². The monoisotopic (exact) mass is 223 g/mol. The molecule has 1 amide bonds. The molecule has 16 heavy (non-hydrogen) atoms. The summed E-state index contributed by atoms with van der Waals surface area (Å²) < 4.78 is 13.6. The lowest BCUT2D eigenvalue weighted by Gasteiger charge is -2.33. The summed E-state index contributed by atoms with van der Waals surface area (Å²) in [4.78, 5) is 12.4. The first-order chi connectivity index (χ1) is 7.70. The fourth-order valence-electron chi connectivity index (χ4n) is 2.23. The Morgan fingerprint density at radius 1 is 1.38 bits per heavy atom. The second-order valence-corrected chi connectivity index (χ2v) is 4.01. The summed E-state index contributed by atoms with van der Waals surface area (Å²) in [5, 5.41) is 9.06. The molecule has 86 valence electrons. The maximum absolute atomic E-state index is 13.6. The number of carboxylic acid groups (broad SMARTS) is 1. The topological polar surface area (TPSA) is 40.5 Å². The van der Waals surface area contributed by atoms with E-state index in [-0.39, 0.29) is 11.9 Å². The van der Waals surface area contributed by atoms with Gasteiger partial charge < -0.3 is 10.0 Å². The minimum absolute atomic E-state index is 0.319. The van der Waals surface area contributed by atoms with E-state index in [1.807, 2.05) is 0 Å². The molecular weight excluding hydrogens is 209 g/mol. The third-order valence-corrected chi connectivity index (χ3v) is 3.01. The predicted molar refractivity (Wildman–Crippen MR) is 57.7 cm³/mol. The zero-order valence-electron chi connectivity index (χ0n) is 8.90. The van der Waals surface area contributed by atoms with Gasteiger partial charge in [0.1, 0.15) is 5.82 Å². The van der Waals surface area contributed by atoms with Crippen LogP contribution in [-0.4, -0.2) is 22.6 Å². The van der Waals surface area contributed by atoms with Crippen LogP contribution in [0.3, 0.4) is 0 Å². The van der Waals surface area contributed by atoms with Crippen LogP contribution >= 0.6 is 0 Å². The van der Waals surface area contributed by atoms with Gasteiger partial charge in [-0.2, -0.15) is 0 Å². The smallest absolute Gasteiger partial charge is 0.407 e. The SMILES string of the molecule is O=C(O)N1CCCCC1c1ccccc1F. The van der Waals surface area contributed by atoms with Crippen molar-refractivity contribution in [2.24, 2.45) is 0 Å². The Kier molecular flexibility index (Phi) is 3.08. The second-order valence-electron chi connectivity index (χ2n) is 4.01. The Labute approximate surface area is 93.5 Å². The van der Waals surface area contributed by atoms with Gasteiger partial charge in [-0.15, -0.1) is 0 Å². The number of rotatable bonds is 1. The van der Waals surface area contributed by atoms with E-state index in [1.54, 1.807) is 18.2 Å².